The Kier molecular flexibility index (Phi) is 22.5. The van der Waals surface area contributed by atoms with Gasteiger partial charge < -0.3 is 41.2 Å². The van der Waals surface area contributed by atoms with Crippen LogP contribution in [0.15, 0.2) is 0 Å². The lowest BCUT2D eigenvalue weighted by atomic mass is 10.0. The summed E-state index contributed by atoms with van der Waals surface area (Å²) in [6, 6.07) is -0.598. The van der Waals surface area contributed by atoms with Gasteiger partial charge in [0.15, 0.2) is 0 Å². The number of rotatable bonds is 25. The van der Waals surface area contributed by atoms with Gasteiger partial charge in [0.2, 0.25) is 0 Å². The van der Waals surface area contributed by atoms with E-state index >= 15 is 0 Å². The van der Waals surface area contributed by atoms with Crippen molar-refractivity contribution in [1.29, 1.82) is 0 Å². The summed E-state index contributed by atoms with van der Waals surface area (Å²) in [6.07, 6.45) is 6.05. The van der Waals surface area contributed by atoms with E-state index in [1.165, 1.54) is 0 Å². The highest BCUT2D eigenvalue weighted by Gasteiger charge is 2.33. The number of hydrogen-bond acceptors (Lipinski definition) is 7. The zero-order valence-electron chi connectivity index (χ0n) is 20.9. The van der Waals surface area contributed by atoms with Crippen molar-refractivity contribution in [3.63, 3.8) is 0 Å². The van der Waals surface area contributed by atoms with Crippen molar-refractivity contribution < 1.29 is 19.0 Å². The minimum Gasteiger partial charge on any atom is -0.379 e. The summed E-state index contributed by atoms with van der Waals surface area (Å²) < 4.78 is 17.7. The van der Waals surface area contributed by atoms with Gasteiger partial charge in [-0.25, -0.2) is 4.79 Å². The third kappa shape index (κ3) is 19.7. The van der Waals surface area contributed by atoms with Gasteiger partial charge in [0.1, 0.15) is 5.54 Å². The van der Waals surface area contributed by atoms with Gasteiger partial charge in [0.25, 0.3) is 0 Å². The smallest absolute Gasteiger partial charge is 0.312 e. The van der Waals surface area contributed by atoms with Crippen LogP contribution in [0.2, 0.25) is 0 Å². The first kappa shape index (κ1) is 31.0. The first-order valence-corrected chi connectivity index (χ1v) is 12.5. The van der Waals surface area contributed by atoms with Gasteiger partial charge in [-0.15, -0.1) is 0 Å². The van der Waals surface area contributed by atoms with E-state index in [2.05, 4.69) is 42.0 Å². The third-order valence-electron chi connectivity index (χ3n) is 4.73. The number of carbonyl (C=O) groups excluding carboxylic acids is 1. The summed E-state index contributed by atoms with van der Waals surface area (Å²) in [4.78, 5) is 11.8. The lowest BCUT2D eigenvalue weighted by molar-refractivity contribution is -0.0350. The molecule has 0 saturated heterocycles. The number of hydrogen-bond donors (Lipinski definition) is 5. The molecule has 6 N–H and O–H groups in total. The predicted molar refractivity (Wildman–Crippen MR) is 131 cm³/mol. The molecule has 0 aromatic rings. The van der Waals surface area contributed by atoms with Gasteiger partial charge in [-0.3, -0.25) is 0 Å². The first-order chi connectivity index (χ1) is 15.6. The van der Waals surface area contributed by atoms with Gasteiger partial charge in [-0.05, 0) is 77.8 Å². The second-order valence-electron chi connectivity index (χ2n) is 8.24. The Morgan fingerprint density at radius 1 is 0.656 bits per heavy atom. The van der Waals surface area contributed by atoms with E-state index in [4.69, 9.17) is 19.9 Å². The van der Waals surface area contributed by atoms with Crippen LogP contribution in [-0.2, 0) is 14.2 Å². The van der Waals surface area contributed by atoms with Crippen LogP contribution in [0.25, 0.3) is 0 Å². The summed E-state index contributed by atoms with van der Waals surface area (Å²) in [5.74, 6) is 0. The molecule has 0 rings (SSSR count). The van der Waals surface area contributed by atoms with E-state index in [-0.39, 0.29) is 0 Å². The molecule has 0 aliphatic heterocycles. The third-order valence-corrected chi connectivity index (χ3v) is 4.73. The molecule has 9 nitrogen and oxygen atoms in total. The minimum absolute atomic E-state index is 0.298. The Morgan fingerprint density at radius 3 is 1.28 bits per heavy atom. The lowest BCUT2D eigenvalue weighted by Gasteiger charge is -2.33. The van der Waals surface area contributed by atoms with Crippen LogP contribution in [0.1, 0.15) is 59.3 Å². The first-order valence-electron chi connectivity index (χ1n) is 12.5. The number of carbonyl (C=O) groups is 1. The molecule has 0 heterocycles. The Morgan fingerprint density at radius 2 is 1.00 bits per heavy atom. The second-order valence-corrected chi connectivity index (χ2v) is 8.24. The highest BCUT2D eigenvalue weighted by molar-refractivity contribution is 5.72. The largest absolute Gasteiger partial charge is 0.379 e. The Balaban J connectivity index is 4.57. The summed E-state index contributed by atoms with van der Waals surface area (Å²) in [6.45, 7) is 14.9. The minimum atomic E-state index is -0.795. The van der Waals surface area contributed by atoms with Crippen LogP contribution < -0.4 is 27.0 Å². The van der Waals surface area contributed by atoms with Crippen LogP contribution in [-0.4, -0.2) is 90.5 Å². The molecule has 0 aromatic heterocycles. The average Bonchev–Trinajstić information content (AvgIpc) is 2.77. The topological polar surface area (TPSA) is 119 Å². The molecule has 0 unspecified atom stereocenters. The van der Waals surface area contributed by atoms with Crippen molar-refractivity contribution >= 4 is 6.03 Å². The summed E-state index contributed by atoms with van der Waals surface area (Å²) in [7, 11) is 0. The number of nitrogens with one attached hydrogen (secondary N) is 4. The van der Waals surface area contributed by atoms with Crippen molar-refractivity contribution in [3.8, 4) is 0 Å². The van der Waals surface area contributed by atoms with Crippen molar-refractivity contribution in [1.82, 2.24) is 21.3 Å². The van der Waals surface area contributed by atoms with Gasteiger partial charge >= 0.3 is 6.03 Å². The molecule has 192 valence electrons. The van der Waals surface area contributed by atoms with Crippen LogP contribution in [0, 0.1) is 0 Å². The highest BCUT2D eigenvalue weighted by Crippen LogP contribution is 2.10. The van der Waals surface area contributed by atoms with Crippen LogP contribution in [0.5, 0.6) is 0 Å². The molecule has 0 radical (unpaired) electrons. The molecule has 0 aromatic carbocycles. The maximum Gasteiger partial charge on any atom is 0.312 e. The van der Waals surface area contributed by atoms with E-state index < -0.39 is 11.6 Å². The summed E-state index contributed by atoms with van der Waals surface area (Å²) >= 11 is 0. The van der Waals surface area contributed by atoms with Gasteiger partial charge in [-0.1, -0.05) is 20.8 Å². The molecule has 32 heavy (non-hydrogen) atoms. The fourth-order valence-corrected chi connectivity index (χ4v) is 3.10. The molecule has 2 amide bonds. The van der Waals surface area contributed by atoms with Crippen molar-refractivity contribution in [3.05, 3.63) is 0 Å². The number of ether oxygens (including phenoxy) is 3. The van der Waals surface area contributed by atoms with E-state index in [9.17, 15) is 4.79 Å². The van der Waals surface area contributed by atoms with Gasteiger partial charge in [0.05, 0.1) is 19.8 Å². The monoisotopic (exact) mass is 461 g/mol. The number of nitrogens with two attached hydrogens (primary N) is 1. The maximum atomic E-state index is 11.8. The molecule has 0 saturated carbocycles. The summed E-state index contributed by atoms with van der Waals surface area (Å²) in [5.41, 5.74) is 4.69. The molecule has 0 bridgehead atoms. The standard InChI is InChI=1S/C23H51N5O4/c1-4-10-25-13-7-16-30-19-23(28-22(24)29,20-31-17-8-14-26-11-5-2)21-32-18-9-15-27-12-6-3/h25-27H,4-21H2,1-3H3,(H3,24,28,29). The van der Waals surface area contributed by atoms with Crippen LogP contribution in [0.3, 0.4) is 0 Å². The molecule has 0 fully saturated rings. The van der Waals surface area contributed by atoms with E-state index in [1.807, 2.05) is 0 Å². The van der Waals surface area contributed by atoms with Crippen LogP contribution in [0.4, 0.5) is 4.79 Å². The number of amides is 2. The zero-order chi connectivity index (χ0) is 23.8. The van der Waals surface area contributed by atoms with E-state index in [1.54, 1.807) is 0 Å². The molecule has 0 aliphatic rings. The lowest BCUT2D eigenvalue weighted by Crippen LogP contribution is -2.60. The molecule has 0 aliphatic carbocycles. The fraction of sp³-hybridized carbons (Fsp3) is 0.957. The Hall–Kier alpha value is -0.970. The Labute approximate surface area is 196 Å². The van der Waals surface area contributed by atoms with Crippen LogP contribution >= 0.6 is 0 Å². The van der Waals surface area contributed by atoms with Crippen molar-refractivity contribution in [2.45, 2.75) is 64.8 Å². The normalized spacial score (nSPS) is 11.7. The SMILES string of the molecule is CCCNCCCOCC(COCCCNCCC)(COCCCNCCC)NC(N)=O. The fourth-order valence-electron chi connectivity index (χ4n) is 3.10. The zero-order valence-corrected chi connectivity index (χ0v) is 20.9. The maximum absolute atomic E-state index is 11.8. The highest BCUT2D eigenvalue weighted by atomic mass is 16.5. The second kappa shape index (κ2) is 23.2. The molecule has 9 heteroatoms. The number of primary amides is 1. The van der Waals surface area contributed by atoms with Crippen molar-refractivity contribution in [2.24, 2.45) is 5.73 Å². The Bertz CT molecular complexity index is 370. The quantitative estimate of drug-likeness (QED) is 0.131. The molecule has 0 atom stereocenters. The van der Waals surface area contributed by atoms with E-state index in [0.29, 0.717) is 39.6 Å². The summed E-state index contributed by atoms with van der Waals surface area (Å²) in [5, 5.41) is 12.9. The molecular formula is C23H51N5O4. The average molecular weight is 462 g/mol. The molecular weight excluding hydrogens is 410 g/mol. The van der Waals surface area contributed by atoms with Gasteiger partial charge in [0, 0.05) is 19.8 Å². The van der Waals surface area contributed by atoms with Crippen molar-refractivity contribution in [2.75, 3.05) is 78.9 Å². The predicted octanol–water partition coefficient (Wildman–Crippen LogP) is 1.61. The number of urea groups is 1. The van der Waals surface area contributed by atoms with Gasteiger partial charge in [-0.2, -0.15) is 0 Å². The molecule has 0 spiro atoms. The van der Waals surface area contributed by atoms with E-state index in [0.717, 1.165) is 77.8 Å².